The van der Waals surface area contributed by atoms with Gasteiger partial charge in [-0.1, -0.05) is 6.42 Å². The SMILES string of the molecule is Cc1nc(CC(=O)N2CCC([C@H]3CCCCN3C)CC2)cs1. The third-order valence-corrected chi connectivity index (χ3v) is 6.08. The highest BCUT2D eigenvalue weighted by atomic mass is 32.1. The van der Waals surface area contributed by atoms with Gasteiger partial charge in [0.05, 0.1) is 17.1 Å². The standard InChI is InChI=1S/C17H27N3OS/c1-13-18-15(12-22-13)11-17(21)20-9-6-14(7-10-20)16-5-3-4-8-19(16)2/h12,14,16H,3-11H2,1-2H3/t16-/m1/s1. The number of carbonyl (C=O) groups is 1. The molecule has 0 spiro atoms. The molecular formula is C17H27N3OS. The van der Waals surface area contributed by atoms with Gasteiger partial charge in [0.1, 0.15) is 0 Å². The number of rotatable bonds is 3. The van der Waals surface area contributed by atoms with Crippen molar-refractivity contribution >= 4 is 17.2 Å². The molecule has 1 atom stereocenters. The van der Waals surface area contributed by atoms with Gasteiger partial charge in [-0.25, -0.2) is 4.98 Å². The van der Waals surface area contributed by atoms with Crippen molar-refractivity contribution in [3.05, 3.63) is 16.1 Å². The summed E-state index contributed by atoms with van der Waals surface area (Å²) in [4.78, 5) is 21.4. The van der Waals surface area contributed by atoms with Crippen LogP contribution in [0.2, 0.25) is 0 Å². The Morgan fingerprint density at radius 1 is 1.27 bits per heavy atom. The van der Waals surface area contributed by atoms with Gasteiger partial charge < -0.3 is 9.80 Å². The van der Waals surface area contributed by atoms with Gasteiger partial charge in [-0.05, 0) is 52.1 Å². The minimum absolute atomic E-state index is 0.251. The zero-order valence-corrected chi connectivity index (χ0v) is 14.6. The van der Waals surface area contributed by atoms with E-state index < -0.39 is 0 Å². The van der Waals surface area contributed by atoms with Crippen LogP contribution in [0.4, 0.5) is 0 Å². The minimum atomic E-state index is 0.251. The predicted molar refractivity (Wildman–Crippen MR) is 90.1 cm³/mol. The molecule has 0 radical (unpaired) electrons. The van der Waals surface area contributed by atoms with Crippen LogP contribution in [0.5, 0.6) is 0 Å². The van der Waals surface area contributed by atoms with Crippen LogP contribution in [-0.4, -0.2) is 53.4 Å². The molecule has 0 N–H and O–H groups in total. The van der Waals surface area contributed by atoms with Crippen LogP contribution in [0.1, 0.15) is 42.8 Å². The predicted octanol–water partition coefficient (Wildman–Crippen LogP) is 2.72. The Morgan fingerprint density at radius 3 is 2.68 bits per heavy atom. The van der Waals surface area contributed by atoms with Gasteiger partial charge in [0, 0.05) is 24.5 Å². The van der Waals surface area contributed by atoms with Crippen molar-refractivity contribution in [3.8, 4) is 0 Å². The fourth-order valence-electron chi connectivity index (χ4n) is 3.99. The lowest BCUT2D eigenvalue weighted by atomic mass is 9.84. The first-order valence-electron chi connectivity index (χ1n) is 8.52. The lowest BCUT2D eigenvalue weighted by Crippen LogP contribution is -2.47. The summed E-state index contributed by atoms with van der Waals surface area (Å²) in [5.41, 5.74) is 0.932. The van der Waals surface area contributed by atoms with Crippen molar-refractivity contribution in [2.24, 2.45) is 5.92 Å². The number of hydrogen-bond donors (Lipinski definition) is 0. The zero-order valence-electron chi connectivity index (χ0n) is 13.8. The molecule has 0 aromatic carbocycles. The number of likely N-dealkylation sites (tertiary alicyclic amines) is 2. The van der Waals surface area contributed by atoms with Gasteiger partial charge in [0.25, 0.3) is 0 Å². The first kappa shape index (κ1) is 15.9. The summed E-state index contributed by atoms with van der Waals surface area (Å²) in [6.07, 6.45) is 6.86. The number of piperidine rings is 2. The maximum absolute atomic E-state index is 12.4. The van der Waals surface area contributed by atoms with Crippen molar-refractivity contribution in [3.63, 3.8) is 0 Å². The number of aromatic nitrogens is 1. The molecule has 22 heavy (non-hydrogen) atoms. The largest absolute Gasteiger partial charge is 0.342 e. The quantitative estimate of drug-likeness (QED) is 0.859. The van der Waals surface area contributed by atoms with Gasteiger partial charge in [-0.3, -0.25) is 4.79 Å². The summed E-state index contributed by atoms with van der Waals surface area (Å²) in [6, 6.07) is 0.743. The van der Waals surface area contributed by atoms with Gasteiger partial charge >= 0.3 is 0 Å². The van der Waals surface area contributed by atoms with E-state index in [1.165, 1.54) is 25.8 Å². The second-order valence-electron chi connectivity index (χ2n) is 6.80. The summed E-state index contributed by atoms with van der Waals surface area (Å²) in [6.45, 7) is 5.09. The van der Waals surface area contributed by atoms with Crippen molar-refractivity contribution in [1.29, 1.82) is 0 Å². The Kier molecular flexibility index (Phi) is 5.14. The van der Waals surface area contributed by atoms with E-state index in [0.29, 0.717) is 6.42 Å². The second kappa shape index (κ2) is 7.09. The molecule has 0 bridgehead atoms. The highest BCUT2D eigenvalue weighted by Gasteiger charge is 2.31. The summed E-state index contributed by atoms with van der Waals surface area (Å²) >= 11 is 1.63. The number of nitrogens with zero attached hydrogens (tertiary/aromatic N) is 3. The Bertz CT molecular complexity index is 508. The fraction of sp³-hybridized carbons (Fsp3) is 0.765. The van der Waals surface area contributed by atoms with E-state index in [1.54, 1.807) is 11.3 Å². The number of carbonyl (C=O) groups excluding carboxylic acids is 1. The van der Waals surface area contributed by atoms with Crippen LogP contribution in [0.3, 0.4) is 0 Å². The first-order valence-corrected chi connectivity index (χ1v) is 9.40. The number of hydrogen-bond acceptors (Lipinski definition) is 4. The first-order chi connectivity index (χ1) is 10.6. The average Bonchev–Trinajstić information content (AvgIpc) is 2.93. The van der Waals surface area contributed by atoms with Crippen LogP contribution in [-0.2, 0) is 11.2 Å². The topological polar surface area (TPSA) is 36.4 Å². The molecule has 1 aromatic rings. The Hall–Kier alpha value is -0.940. The number of thiazole rings is 1. The Morgan fingerprint density at radius 2 is 2.05 bits per heavy atom. The molecule has 1 aromatic heterocycles. The van der Waals surface area contributed by atoms with Crippen molar-refractivity contribution in [2.45, 2.75) is 51.5 Å². The molecule has 5 heteroatoms. The molecule has 0 unspecified atom stereocenters. The monoisotopic (exact) mass is 321 g/mol. The van der Waals surface area contributed by atoms with Crippen LogP contribution >= 0.6 is 11.3 Å². The summed E-state index contributed by atoms with van der Waals surface area (Å²) in [7, 11) is 2.27. The lowest BCUT2D eigenvalue weighted by Gasteiger charge is -2.42. The normalized spacial score (nSPS) is 24.6. The van der Waals surface area contributed by atoms with Crippen LogP contribution in [0.25, 0.3) is 0 Å². The number of amides is 1. The van der Waals surface area contributed by atoms with Crippen LogP contribution in [0.15, 0.2) is 5.38 Å². The van der Waals surface area contributed by atoms with Gasteiger partial charge in [0.15, 0.2) is 0 Å². The van der Waals surface area contributed by atoms with E-state index in [1.807, 2.05) is 17.2 Å². The van der Waals surface area contributed by atoms with Crippen molar-refractivity contribution < 1.29 is 4.79 Å². The maximum atomic E-state index is 12.4. The van der Waals surface area contributed by atoms with Crippen LogP contribution in [0, 0.1) is 12.8 Å². The summed E-state index contributed by atoms with van der Waals surface area (Å²) in [5.74, 6) is 1.02. The van der Waals surface area contributed by atoms with E-state index >= 15 is 0 Å². The van der Waals surface area contributed by atoms with E-state index in [-0.39, 0.29) is 5.91 Å². The number of aryl methyl sites for hydroxylation is 1. The highest BCUT2D eigenvalue weighted by molar-refractivity contribution is 7.09. The molecule has 3 heterocycles. The Labute approximate surface area is 137 Å². The molecule has 2 saturated heterocycles. The van der Waals surface area contributed by atoms with Crippen LogP contribution < -0.4 is 0 Å². The van der Waals surface area contributed by atoms with E-state index in [0.717, 1.165) is 48.6 Å². The molecule has 1 amide bonds. The van der Waals surface area contributed by atoms with Gasteiger partial charge in [-0.2, -0.15) is 0 Å². The second-order valence-corrected chi connectivity index (χ2v) is 7.86. The van der Waals surface area contributed by atoms with E-state index in [4.69, 9.17) is 0 Å². The highest BCUT2D eigenvalue weighted by Crippen LogP contribution is 2.29. The van der Waals surface area contributed by atoms with Crippen molar-refractivity contribution in [2.75, 3.05) is 26.7 Å². The van der Waals surface area contributed by atoms with Gasteiger partial charge in [0.2, 0.25) is 5.91 Å². The third kappa shape index (κ3) is 3.69. The zero-order chi connectivity index (χ0) is 15.5. The molecule has 0 aliphatic carbocycles. The van der Waals surface area contributed by atoms with E-state index in [9.17, 15) is 4.79 Å². The van der Waals surface area contributed by atoms with Crippen molar-refractivity contribution in [1.82, 2.24) is 14.8 Å². The fourth-order valence-corrected chi connectivity index (χ4v) is 4.60. The summed E-state index contributed by atoms with van der Waals surface area (Å²) in [5, 5.41) is 3.05. The minimum Gasteiger partial charge on any atom is -0.342 e. The Balaban J connectivity index is 1.49. The smallest absolute Gasteiger partial charge is 0.228 e. The molecule has 2 aliphatic heterocycles. The maximum Gasteiger partial charge on any atom is 0.228 e. The van der Waals surface area contributed by atoms with E-state index in [2.05, 4.69) is 16.9 Å². The molecule has 4 nitrogen and oxygen atoms in total. The molecule has 2 fully saturated rings. The summed E-state index contributed by atoms with van der Waals surface area (Å²) < 4.78 is 0. The average molecular weight is 321 g/mol. The molecule has 3 rings (SSSR count). The molecule has 0 saturated carbocycles. The third-order valence-electron chi connectivity index (χ3n) is 5.26. The van der Waals surface area contributed by atoms with Gasteiger partial charge in [-0.15, -0.1) is 11.3 Å². The molecular weight excluding hydrogens is 294 g/mol. The molecule has 122 valence electrons. The molecule has 2 aliphatic rings. The lowest BCUT2D eigenvalue weighted by molar-refractivity contribution is -0.132.